The van der Waals surface area contributed by atoms with E-state index in [9.17, 15) is 4.79 Å². The van der Waals surface area contributed by atoms with E-state index in [0.717, 1.165) is 42.3 Å². The second kappa shape index (κ2) is 14.9. The molecular weight excluding hydrogens is 490 g/mol. The van der Waals surface area contributed by atoms with Gasteiger partial charge in [0.2, 0.25) is 5.51 Å². The van der Waals surface area contributed by atoms with Crippen LogP contribution in [0, 0.1) is 6.92 Å². The molecule has 206 valence electrons. The van der Waals surface area contributed by atoms with Gasteiger partial charge in [0.25, 0.3) is 0 Å². The van der Waals surface area contributed by atoms with Crippen LogP contribution in [0.25, 0.3) is 0 Å². The van der Waals surface area contributed by atoms with Crippen molar-refractivity contribution in [2.75, 3.05) is 17.2 Å². The Kier molecular flexibility index (Phi) is 11.7. The lowest BCUT2D eigenvalue weighted by molar-refractivity contribution is -0.683. The Morgan fingerprint density at radius 2 is 1.53 bits per heavy atom. The Balaban J connectivity index is 1.49. The first-order chi connectivity index (χ1) is 18.2. The SMILES string of the molecule is CCCCCCCCCCOc1ccc(NC(=O)Nc2ccc(C[n+]3csc(C)c3)cc2)cc1C(C)(C)C. The molecule has 0 saturated heterocycles. The van der Waals surface area contributed by atoms with E-state index < -0.39 is 0 Å². The van der Waals surface area contributed by atoms with Gasteiger partial charge in [-0.15, -0.1) is 0 Å². The molecule has 1 heterocycles. The van der Waals surface area contributed by atoms with Crippen molar-refractivity contribution in [2.24, 2.45) is 0 Å². The standard InChI is InChI=1S/C32H45N3O2S/c1-6-7-8-9-10-11-12-13-20-37-30-19-18-28(21-29(30)32(3,4)5)34-31(36)33-27-16-14-26(15-17-27)23-35-22-25(2)38-24-35/h14-19,21-22,24H,6-13,20,23H2,1-5H3,(H-,33,34,36)/p+1. The zero-order chi connectivity index (χ0) is 27.4. The molecule has 0 aliphatic heterocycles. The van der Waals surface area contributed by atoms with Gasteiger partial charge in [0.15, 0.2) is 12.7 Å². The molecule has 0 aliphatic carbocycles. The number of thiazole rings is 1. The third-order valence-corrected chi connectivity index (χ3v) is 7.45. The molecule has 0 atom stereocenters. The van der Waals surface area contributed by atoms with Crippen LogP contribution in [0.4, 0.5) is 16.2 Å². The summed E-state index contributed by atoms with van der Waals surface area (Å²) in [7, 11) is 0. The number of anilines is 2. The van der Waals surface area contributed by atoms with Crippen LogP contribution in [0.5, 0.6) is 5.75 Å². The van der Waals surface area contributed by atoms with Gasteiger partial charge in [-0.1, -0.05) is 96.1 Å². The van der Waals surface area contributed by atoms with Crippen molar-refractivity contribution >= 4 is 28.7 Å². The third-order valence-electron chi connectivity index (χ3n) is 6.60. The number of carbonyl (C=O) groups is 1. The van der Waals surface area contributed by atoms with Crippen LogP contribution in [-0.4, -0.2) is 12.6 Å². The minimum absolute atomic E-state index is 0.0996. The molecule has 0 saturated carbocycles. The summed E-state index contributed by atoms with van der Waals surface area (Å²) >= 11 is 1.74. The molecule has 3 rings (SSSR count). The van der Waals surface area contributed by atoms with Crippen LogP contribution in [0.15, 0.2) is 54.2 Å². The van der Waals surface area contributed by atoms with Crippen molar-refractivity contribution in [3.63, 3.8) is 0 Å². The summed E-state index contributed by atoms with van der Waals surface area (Å²) in [5, 5.41) is 5.93. The molecule has 0 aliphatic rings. The van der Waals surface area contributed by atoms with Gasteiger partial charge in [0.1, 0.15) is 5.75 Å². The van der Waals surface area contributed by atoms with Crippen LogP contribution in [-0.2, 0) is 12.0 Å². The van der Waals surface area contributed by atoms with Crippen LogP contribution < -0.4 is 19.9 Å². The number of aromatic nitrogens is 1. The molecule has 0 fully saturated rings. The van der Waals surface area contributed by atoms with E-state index in [1.165, 1.54) is 55.4 Å². The summed E-state index contributed by atoms with van der Waals surface area (Å²) in [6.07, 6.45) is 12.4. The predicted molar refractivity (Wildman–Crippen MR) is 161 cm³/mol. The number of hydrogen-bond acceptors (Lipinski definition) is 3. The summed E-state index contributed by atoms with van der Waals surface area (Å²) in [6, 6.07) is 13.7. The zero-order valence-corrected chi connectivity index (χ0v) is 24.8. The maximum Gasteiger partial charge on any atom is 0.323 e. The summed E-state index contributed by atoms with van der Waals surface area (Å²) in [5.74, 6) is 0.903. The predicted octanol–water partition coefficient (Wildman–Crippen LogP) is 8.85. The van der Waals surface area contributed by atoms with Crippen molar-refractivity contribution in [1.29, 1.82) is 0 Å². The van der Waals surface area contributed by atoms with Gasteiger partial charge < -0.3 is 15.4 Å². The highest BCUT2D eigenvalue weighted by atomic mass is 32.1. The van der Waals surface area contributed by atoms with E-state index in [2.05, 4.69) is 61.5 Å². The lowest BCUT2D eigenvalue weighted by Crippen LogP contribution is -2.30. The molecule has 3 aromatic rings. The topological polar surface area (TPSA) is 54.2 Å². The fraction of sp³-hybridized carbons (Fsp3) is 0.500. The minimum Gasteiger partial charge on any atom is -0.493 e. The average Bonchev–Trinajstić information content (AvgIpc) is 3.28. The first-order valence-corrected chi connectivity index (χ1v) is 15.0. The van der Waals surface area contributed by atoms with E-state index in [0.29, 0.717) is 0 Å². The second-order valence-corrected chi connectivity index (χ2v) is 12.3. The number of nitrogens with one attached hydrogen (secondary N) is 2. The molecule has 2 aromatic carbocycles. The van der Waals surface area contributed by atoms with Crippen LogP contribution in [0.3, 0.4) is 0 Å². The number of nitrogens with zero attached hydrogens (tertiary/aromatic N) is 1. The fourth-order valence-corrected chi connectivity index (χ4v) is 5.10. The van der Waals surface area contributed by atoms with Crippen LogP contribution in [0.1, 0.15) is 95.1 Å². The van der Waals surface area contributed by atoms with Crippen LogP contribution >= 0.6 is 11.3 Å². The summed E-state index contributed by atoms with van der Waals surface area (Å²) < 4.78 is 8.36. The van der Waals surface area contributed by atoms with E-state index in [1.54, 1.807) is 11.3 Å². The fourth-order valence-electron chi connectivity index (χ4n) is 4.46. The summed E-state index contributed by atoms with van der Waals surface area (Å²) in [6.45, 7) is 12.4. The molecule has 0 spiro atoms. The number of carbonyl (C=O) groups excluding carboxylic acids is 1. The third kappa shape index (κ3) is 10.1. The lowest BCUT2D eigenvalue weighted by atomic mass is 9.86. The molecule has 1 aromatic heterocycles. The number of amides is 2. The maximum absolute atomic E-state index is 12.7. The van der Waals surface area contributed by atoms with Crippen molar-refractivity contribution in [3.8, 4) is 5.75 Å². The van der Waals surface area contributed by atoms with E-state index >= 15 is 0 Å². The van der Waals surface area contributed by atoms with E-state index in [4.69, 9.17) is 4.74 Å². The second-order valence-electron chi connectivity index (χ2n) is 11.2. The minimum atomic E-state index is -0.256. The largest absolute Gasteiger partial charge is 0.493 e. The zero-order valence-electron chi connectivity index (χ0n) is 23.9. The van der Waals surface area contributed by atoms with Gasteiger partial charge in [0, 0.05) is 22.5 Å². The van der Waals surface area contributed by atoms with Gasteiger partial charge in [-0.05, 0) is 49.1 Å². The molecule has 6 heteroatoms. The van der Waals surface area contributed by atoms with Gasteiger partial charge >= 0.3 is 6.03 Å². The summed E-state index contributed by atoms with van der Waals surface area (Å²) in [5.41, 5.74) is 5.83. The monoisotopic (exact) mass is 536 g/mol. The first-order valence-electron chi connectivity index (χ1n) is 14.1. The molecule has 0 unspecified atom stereocenters. The van der Waals surface area contributed by atoms with Crippen molar-refractivity contribution in [2.45, 2.75) is 97.9 Å². The highest BCUT2D eigenvalue weighted by molar-refractivity contribution is 7.09. The Hall–Kier alpha value is -2.86. The molecule has 5 nitrogen and oxygen atoms in total. The van der Waals surface area contributed by atoms with Gasteiger partial charge in [0.05, 0.1) is 11.5 Å². The molecule has 2 amide bonds. The van der Waals surface area contributed by atoms with Crippen molar-refractivity contribution in [3.05, 3.63) is 70.2 Å². The number of benzene rings is 2. The number of ether oxygens (including phenoxy) is 1. The lowest BCUT2D eigenvalue weighted by Gasteiger charge is -2.24. The maximum atomic E-state index is 12.7. The quantitative estimate of drug-likeness (QED) is 0.160. The van der Waals surface area contributed by atoms with Crippen molar-refractivity contribution in [1.82, 2.24) is 0 Å². The Labute approximate surface area is 233 Å². The average molecular weight is 537 g/mol. The van der Waals surface area contributed by atoms with Gasteiger partial charge in [-0.25, -0.2) is 4.79 Å². The van der Waals surface area contributed by atoms with Crippen LogP contribution in [0.2, 0.25) is 0 Å². The number of urea groups is 1. The summed E-state index contributed by atoms with van der Waals surface area (Å²) in [4.78, 5) is 14.0. The van der Waals surface area contributed by atoms with Gasteiger partial charge in [-0.3, -0.25) is 0 Å². The molecular formula is C32H46N3O2S+. The molecule has 38 heavy (non-hydrogen) atoms. The van der Waals surface area contributed by atoms with E-state index in [-0.39, 0.29) is 11.4 Å². The van der Waals surface area contributed by atoms with Crippen molar-refractivity contribution < 1.29 is 14.1 Å². The number of hydrogen-bond donors (Lipinski definition) is 2. The van der Waals surface area contributed by atoms with E-state index in [1.807, 2.05) is 42.5 Å². The van der Waals surface area contributed by atoms with Gasteiger partial charge in [-0.2, -0.15) is 4.57 Å². The molecule has 0 bridgehead atoms. The smallest absolute Gasteiger partial charge is 0.323 e. The Bertz CT molecular complexity index is 1130. The highest BCUT2D eigenvalue weighted by Crippen LogP contribution is 2.34. The normalized spacial score (nSPS) is 11.4. The number of rotatable bonds is 14. The highest BCUT2D eigenvalue weighted by Gasteiger charge is 2.20. The molecule has 0 radical (unpaired) electrons. The first kappa shape index (κ1) is 29.7. The number of aryl methyl sites for hydroxylation is 1. The Morgan fingerprint density at radius 3 is 2.16 bits per heavy atom. The number of unbranched alkanes of at least 4 members (excludes halogenated alkanes) is 7. The molecule has 2 N–H and O–H groups in total. The Morgan fingerprint density at radius 1 is 0.895 bits per heavy atom.